The number of aromatic nitrogens is 2. The van der Waals surface area contributed by atoms with Gasteiger partial charge in [0.1, 0.15) is 0 Å². The molecule has 1 saturated heterocycles. The Bertz CT molecular complexity index is 283. The van der Waals surface area contributed by atoms with E-state index in [2.05, 4.69) is 15.5 Å². The largest absolute Gasteiger partial charge is 0.407 e. The van der Waals surface area contributed by atoms with Gasteiger partial charge in [0.25, 0.3) is 0 Å². The minimum atomic E-state index is 0.267. The summed E-state index contributed by atoms with van der Waals surface area (Å²) in [6.07, 6.45) is 2.48. The van der Waals surface area contributed by atoms with E-state index >= 15 is 0 Å². The maximum atomic E-state index is 5.43. The fourth-order valence-corrected chi connectivity index (χ4v) is 1.41. The first-order chi connectivity index (χ1) is 6.88. The summed E-state index contributed by atoms with van der Waals surface area (Å²) in [4.78, 5) is 0. The molecule has 0 aliphatic carbocycles. The molecule has 1 aliphatic heterocycles. The lowest BCUT2D eigenvalue weighted by Gasteiger charge is -2.07. The molecular formula is C8H14N4O2. The fourth-order valence-electron chi connectivity index (χ4n) is 1.41. The topological polar surface area (TPSA) is 86.2 Å². The van der Waals surface area contributed by atoms with E-state index in [1.807, 2.05) is 0 Å². The lowest BCUT2D eigenvalue weighted by atomic mass is 10.2. The van der Waals surface area contributed by atoms with Gasteiger partial charge in [-0.1, -0.05) is 5.10 Å². The van der Waals surface area contributed by atoms with Gasteiger partial charge in [-0.05, 0) is 12.8 Å². The molecule has 0 amide bonds. The molecule has 6 nitrogen and oxygen atoms in total. The van der Waals surface area contributed by atoms with Crippen LogP contribution in [0.3, 0.4) is 0 Å². The van der Waals surface area contributed by atoms with Crippen LogP contribution < -0.4 is 11.1 Å². The van der Waals surface area contributed by atoms with Crippen LogP contribution in [0.5, 0.6) is 0 Å². The number of hydrogen-bond donors (Lipinski definition) is 2. The van der Waals surface area contributed by atoms with Crippen molar-refractivity contribution < 1.29 is 9.15 Å². The van der Waals surface area contributed by atoms with E-state index in [-0.39, 0.29) is 12.6 Å². The van der Waals surface area contributed by atoms with E-state index in [1.165, 1.54) is 0 Å². The zero-order valence-electron chi connectivity index (χ0n) is 7.90. The van der Waals surface area contributed by atoms with Crippen LogP contribution in [0.1, 0.15) is 18.7 Å². The molecule has 3 N–H and O–H groups in total. The second-order valence-electron chi connectivity index (χ2n) is 3.22. The van der Waals surface area contributed by atoms with Gasteiger partial charge in [0, 0.05) is 13.2 Å². The predicted octanol–water partition coefficient (Wildman–Crippen LogP) is 0.119. The van der Waals surface area contributed by atoms with Gasteiger partial charge in [-0.25, -0.2) is 0 Å². The predicted molar refractivity (Wildman–Crippen MR) is 49.7 cm³/mol. The standard InChI is InChI=1S/C8H14N4O2/c9-4-7-11-12-8(14-7)10-5-6-2-1-3-13-6/h6H,1-5,9H2,(H,10,12). The van der Waals surface area contributed by atoms with Gasteiger partial charge in [-0.15, -0.1) is 5.10 Å². The van der Waals surface area contributed by atoms with Crippen LogP contribution in [0.2, 0.25) is 0 Å². The summed E-state index contributed by atoms with van der Waals surface area (Å²) in [6.45, 7) is 1.84. The molecule has 2 heterocycles. The molecule has 0 spiro atoms. The molecule has 1 fully saturated rings. The van der Waals surface area contributed by atoms with Crippen molar-refractivity contribution in [3.05, 3.63) is 5.89 Å². The van der Waals surface area contributed by atoms with Crippen LogP contribution in [-0.4, -0.2) is 29.5 Å². The maximum Gasteiger partial charge on any atom is 0.315 e. The number of rotatable bonds is 4. The number of nitrogens with two attached hydrogens (primary N) is 1. The van der Waals surface area contributed by atoms with Crippen LogP contribution in [0.15, 0.2) is 4.42 Å². The van der Waals surface area contributed by atoms with Gasteiger partial charge in [0.2, 0.25) is 5.89 Å². The fraction of sp³-hybridized carbons (Fsp3) is 0.750. The number of nitrogens with zero attached hydrogens (tertiary/aromatic N) is 2. The molecule has 1 unspecified atom stereocenters. The van der Waals surface area contributed by atoms with Crippen LogP contribution in [-0.2, 0) is 11.3 Å². The minimum Gasteiger partial charge on any atom is -0.407 e. The lowest BCUT2D eigenvalue weighted by Crippen LogP contribution is -2.18. The molecule has 78 valence electrons. The van der Waals surface area contributed by atoms with E-state index in [9.17, 15) is 0 Å². The van der Waals surface area contributed by atoms with Crippen LogP contribution in [0.25, 0.3) is 0 Å². The third-order valence-corrected chi connectivity index (χ3v) is 2.15. The Balaban J connectivity index is 1.79. The molecule has 0 aromatic carbocycles. The summed E-state index contributed by atoms with van der Waals surface area (Å²) in [6, 6.07) is 0.418. The Morgan fingerprint density at radius 2 is 2.43 bits per heavy atom. The molecule has 1 aliphatic rings. The van der Waals surface area contributed by atoms with E-state index in [0.717, 1.165) is 19.4 Å². The smallest absolute Gasteiger partial charge is 0.315 e. The molecule has 6 heteroatoms. The third kappa shape index (κ3) is 2.21. The zero-order chi connectivity index (χ0) is 9.80. The van der Waals surface area contributed by atoms with Crippen molar-refractivity contribution in [3.63, 3.8) is 0 Å². The average Bonchev–Trinajstić information content (AvgIpc) is 2.86. The molecular weight excluding hydrogens is 184 g/mol. The van der Waals surface area contributed by atoms with E-state index < -0.39 is 0 Å². The Morgan fingerprint density at radius 1 is 1.50 bits per heavy atom. The Labute approximate surface area is 81.8 Å². The molecule has 0 saturated carbocycles. The molecule has 1 aromatic heterocycles. The highest BCUT2D eigenvalue weighted by atomic mass is 16.5. The van der Waals surface area contributed by atoms with Gasteiger partial charge in [-0.3, -0.25) is 0 Å². The highest BCUT2D eigenvalue weighted by Crippen LogP contribution is 2.13. The van der Waals surface area contributed by atoms with Crippen molar-refractivity contribution in [2.75, 3.05) is 18.5 Å². The highest BCUT2D eigenvalue weighted by Gasteiger charge is 2.15. The number of nitrogens with one attached hydrogen (secondary N) is 1. The molecule has 14 heavy (non-hydrogen) atoms. The summed E-state index contributed by atoms with van der Waals surface area (Å²) >= 11 is 0. The molecule has 0 bridgehead atoms. The van der Waals surface area contributed by atoms with Crippen molar-refractivity contribution >= 4 is 6.01 Å². The molecule has 1 atom stereocenters. The van der Waals surface area contributed by atoms with E-state index in [4.69, 9.17) is 14.9 Å². The van der Waals surface area contributed by atoms with Gasteiger partial charge in [0.05, 0.1) is 12.6 Å². The van der Waals surface area contributed by atoms with E-state index in [1.54, 1.807) is 0 Å². The Hall–Kier alpha value is -1.14. The van der Waals surface area contributed by atoms with Crippen molar-refractivity contribution in [2.45, 2.75) is 25.5 Å². The monoisotopic (exact) mass is 198 g/mol. The number of anilines is 1. The first-order valence-corrected chi connectivity index (χ1v) is 4.76. The summed E-state index contributed by atoms with van der Waals surface area (Å²) < 4.78 is 10.6. The lowest BCUT2D eigenvalue weighted by molar-refractivity contribution is 0.120. The van der Waals surface area contributed by atoms with Crippen LogP contribution in [0.4, 0.5) is 6.01 Å². The van der Waals surface area contributed by atoms with Crippen molar-refractivity contribution in [1.82, 2.24) is 10.2 Å². The summed E-state index contributed by atoms with van der Waals surface area (Å²) in [5.74, 6) is 0.444. The Kier molecular flexibility index (Phi) is 2.95. The van der Waals surface area contributed by atoms with Gasteiger partial charge < -0.3 is 20.2 Å². The number of ether oxygens (including phenoxy) is 1. The maximum absolute atomic E-state index is 5.43. The highest BCUT2D eigenvalue weighted by molar-refractivity contribution is 5.17. The molecule has 2 rings (SSSR count). The van der Waals surface area contributed by atoms with Gasteiger partial charge in [0.15, 0.2) is 0 Å². The molecule has 0 radical (unpaired) electrons. The van der Waals surface area contributed by atoms with Crippen molar-refractivity contribution in [2.24, 2.45) is 5.73 Å². The average molecular weight is 198 g/mol. The summed E-state index contributed by atoms with van der Waals surface area (Å²) in [7, 11) is 0. The first kappa shape index (κ1) is 9.42. The SMILES string of the molecule is NCc1nnc(NCC2CCCO2)o1. The summed E-state index contributed by atoms with van der Waals surface area (Å²) in [5, 5.41) is 10.5. The van der Waals surface area contributed by atoms with Crippen LogP contribution in [0, 0.1) is 0 Å². The second-order valence-corrected chi connectivity index (χ2v) is 3.22. The van der Waals surface area contributed by atoms with Gasteiger partial charge in [-0.2, -0.15) is 0 Å². The zero-order valence-corrected chi connectivity index (χ0v) is 7.90. The minimum absolute atomic E-state index is 0.267. The van der Waals surface area contributed by atoms with Gasteiger partial charge >= 0.3 is 6.01 Å². The quantitative estimate of drug-likeness (QED) is 0.714. The second kappa shape index (κ2) is 4.39. The Morgan fingerprint density at radius 3 is 3.07 bits per heavy atom. The van der Waals surface area contributed by atoms with E-state index in [0.29, 0.717) is 18.5 Å². The van der Waals surface area contributed by atoms with Crippen molar-refractivity contribution in [1.29, 1.82) is 0 Å². The summed E-state index contributed by atoms with van der Waals surface area (Å²) in [5.41, 5.74) is 5.33. The number of hydrogen-bond acceptors (Lipinski definition) is 6. The van der Waals surface area contributed by atoms with Crippen molar-refractivity contribution in [3.8, 4) is 0 Å². The molecule has 1 aromatic rings. The van der Waals surface area contributed by atoms with Crippen LogP contribution >= 0.6 is 0 Å². The first-order valence-electron chi connectivity index (χ1n) is 4.76. The normalized spacial score (nSPS) is 21.4. The third-order valence-electron chi connectivity index (χ3n) is 2.15.